The first-order valence-electron chi connectivity index (χ1n) is 8.63. The van der Waals surface area contributed by atoms with Crippen molar-refractivity contribution in [1.82, 2.24) is 0 Å². The lowest BCUT2D eigenvalue weighted by Gasteiger charge is -2.43. The van der Waals surface area contributed by atoms with Gasteiger partial charge in [0, 0.05) is 6.92 Å². The van der Waals surface area contributed by atoms with E-state index >= 15 is 0 Å². The van der Waals surface area contributed by atoms with Gasteiger partial charge in [-0.25, -0.2) is 4.99 Å². The largest absolute Gasteiger partial charge is 0.477 e. The van der Waals surface area contributed by atoms with Gasteiger partial charge in [-0.15, -0.1) is 0 Å². The maximum absolute atomic E-state index is 11.3. The van der Waals surface area contributed by atoms with Gasteiger partial charge >= 0.3 is 5.97 Å². The molecule has 2 atom stereocenters. The summed E-state index contributed by atoms with van der Waals surface area (Å²) in [4.78, 5) is 16.1. The summed E-state index contributed by atoms with van der Waals surface area (Å²) in [6.45, 7) is 21.3. The number of ether oxygens (including phenoxy) is 2. The molecule has 0 fully saturated rings. The third-order valence-corrected chi connectivity index (χ3v) is 9.51. The molecule has 0 spiro atoms. The predicted molar refractivity (Wildman–Crippen MR) is 100.0 cm³/mol. The van der Waals surface area contributed by atoms with Crippen LogP contribution in [0, 0.1) is 5.41 Å². The number of carbonyl (C=O) groups excluding carboxylic acids is 1. The molecule has 0 aliphatic carbocycles. The van der Waals surface area contributed by atoms with Crippen LogP contribution in [-0.4, -0.2) is 45.0 Å². The highest BCUT2D eigenvalue weighted by molar-refractivity contribution is 6.74. The Morgan fingerprint density at radius 1 is 1.21 bits per heavy atom. The van der Waals surface area contributed by atoms with E-state index in [2.05, 4.69) is 54.6 Å². The van der Waals surface area contributed by atoms with Crippen LogP contribution < -0.4 is 0 Å². The molecule has 140 valence electrons. The summed E-state index contributed by atoms with van der Waals surface area (Å²) in [5.74, 6) is 0.222. The second kappa shape index (κ2) is 6.79. The molecule has 0 radical (unpaired) electrons. The van der Waals surface area contributed by atoms with Crippen LogP contribution in [0.3, 0.4) is 0 Å². The van der Waals surface area contributed by atoms with E-state index in [0.717, 1.165) is 0 Å². The molecule has 1 aliphatic rings. The Bertz CT molecular complexity index is 502. The summed E-state index contributed by atoms with van der Waals surface area (Å²) >= 11 is 0. The van der Waals surface area contributed by atoms with E-state index in [1.165, 1.54) is 6.92 Å². The van der Waals surface area contributed by atoms with Crippen molar-refractivity contribution in [2.75, 3.05) is 13.2 Å². The van der Waals surface area contributed by atoms with Gasteiger partial charge < -0.3 is 13.9 Å². The standard InChI is InChI=1S/C18H35NO4Si/c1-13(20)22-12-18(8,23-24(9,10)17(5,6)7)15-19-14(11-21-15)16(2,3)4/h14H,11-12H2,1-10H3/t14-,18?/m1/s1. The Labute approximate surface area is 148 Å². The molecule has 0 saturated heterocycles. The number of aliphatic imine (C=N–C) groups is 1. The Hall–Kier alpha value is -0.883. The van der Waals surface area contributed by atoms with Gasteiger partial charge in [0.25, 0.3) is 0 Å². The molecule has 1 unspecified atom stereocenters. The summed E-state index contributed by atoms with van der Waals surface area (Å²) < 4.78 is 17.8. The summed E-state index contributed by atoms with van der Waals surface area (Å²) in [5, 5.41) is 0.0348. The van der Waals surface area contributed by atoms with Gasteiger partial charge in [-0.3, -0.25) is 4.79 Å². The zero-order valence-electron chi connectivity index (χ0n) is 17.1. The minimum atomic E-state index is -2.10. The van der Waals surface area contributed by atoms with Crippen molar-refractivity contribution < 1.29 is 18.7 Å². The van der Waals surface area contributed by atoms with E-state index in [9.17, 15) is 4.79 Å². The van der Waals surface area contributed by atoms with Crippen molar-refractivity contribution >= 4 is 20.2 Å². The van der Waals surface area contributed by atoms with Crippen LogP contribution in [0.25, 0.3) is 0 Å². The van der Waals surface area contributed by atoms with Gasteiger partial charge in [0.15, 0.2) is 13.9 Å². The van der Waals surface area contributed by atoms with E-state index < -0.39 is 13.9 Å². The molecule has 0 aromatic heterocycles. The van der Waals surface area contributed by atoms with Gasteiger partial charge in [0.1, 0.15) is 13.2 Å². The van der Waals surface area contributed by atoms with E-state index in [4.69, 9.17) is 18.9 Å². The maximum Gasteiger partial charge on any atom is 0.302 e. The average molecular weight is 358 g/mol. The molecule has 1 aliphatic heterocycles. The Kier molecular flexibility index (Phi) is 5.98. The van der Waals surface area contributed by atoms with Crippen molar-refractivity contribution in [2.24, 2.45) is 10.4 Å². The quantitative estimate of drug-likeness (QED) is 0.547. The molecule has 5 nitrogen and oxygen atoms in total. The molecule has 0 aromatic carbocycles. The number of hydrogen-bond acceptors (Lipinski definition) is 5. The third-order valence-electron chi connectivity index (χ3n) is 4.94. The van der Waals surface area contributed by atoms with Gasteiger partial charge in [-0.05, 0) is 30.5 Å². The van der Waals surface area contributed by atoms with Gasteiger partial charge in [0.2, 0.25) is 5.90 Å². The highest BCUT2D eigenvalue weighted by atomic mass is 28.4. The Morgan fingerprint density at radius 3 is 2.12 bits per heavy atom. The summed E-state index contributed by atoms with van der Waals surface area (Å²) in [6.07, 6.45) is 0. The molecule has 1 rings (SSSR count). The van der Waals surface area contributed by atoms with Crippen LogP contribution in [-0.2, 0) is 18.7 Å². The number of hydrogen-bond donors (Lipinski definition) is 0. The summed E-state index contributed by atoms with van der Waals surface area (Å²) in [7, 11) is -2.10. The zero-order chi connectivity index (χ0) is 19.0. The average Bonchev–Trinajstić information content (AvgIpc) is 2.84. The highest BCUT2D eigenvalue weighted by Crippen LogP contribution is 2.40. The number of esters is 1. The lowest BCUT2D eigenvalue weighted by Crippen LogP contribution is -2.54. The van der Waals surface area contributed by atoms with E-state index in [1.807, 2.05) is 6.92 Å². The molecule has 1 heterocycles. The molecule has 0 saturated carbocycles. The van der Waals surface area contributed by atoms with Crippen LogP contribution in [0.1, 0.15) is 55.4 Å². The van der Waals surface area contributed by atoms with E-state index in [1.54, 1.807) is 0 Å². The molecule has 0 N–H and O–H groups in total. The minimum Gasteiger partial charge on any atom is -0.477 e. The highest BCUT2D eigenvalue weighted by Gasteiger charge is 2.48. The second-order valence-corrected chi connectivity index (χ2v) is 14.2. The first-order chi connectivity index (χ1) is 10.6. The molecular weight excluding hydrogens is 322 g/mol. The maximum atomic E-state index is 11.3. The number of rotatable bonds is 5. The van der Waals surface area contributed by atoms with E-state index in [-0.39, 0.29) is 29.1 Å². The van der Waals surface area contributed by atoms with Gasteiger partial charge in [0.05, 0.1) is 6.04 Å². The van der Waals surface area contributed by atoms with Crippen molar-refractivity contribution in [1.29, 1.82) is 0 Å². The minimum absolute atomic E-state index is 0.0149. The van der Waals surface area contributed by atoms with Gasteiger partial charge in [-0.1, -0.05) is 41.5 Å². The van der Waals surface area contributed by atoms with E-state index in [0.29, 0.717) is 12.5 Å². The van der Waals surface area contributed by atoms with Crippen molar-refractivity contribution in [3.63, 3.8) is 0 Å². The first-order valence-corrected chi connectivity index (χ1v) is 11.5. The van der Waals surface area contributed by atoms with Crippen LogP contribution >= 0.6 is 0 Å². The lowest BCUT2D eigenvalue weighted by molar-refractivity contribution is -0.145. The molecule has 0 amide bonds. The van der Waals surface area contributed by atoms with Crippen LogP contribution in [0.15, 0.2) is 4.99 Å². The fourth-order valence-corrected chi connectivity index (χ4v) is 3.78. The van der Waals surface area contributed by atoms with Gasteiger partial charge in [-0.2, -0.15) is 0 Å². The van der Waals surface area contributed by atoms with Crippen LogP contribution in [0.5, 0.6) is 0 Å². The SMILES string of the molecule is CC(=O)OCC(C)(O[Si](C)(C)C(C)(C)C)C1=N[C@@H](C(C)(C)C)CO1. The summed E-state index contributed by atoms with van der Waals surface area (Å²) in [6, 6.07) is 0.0761. The Balaban J connectivity index is 3.14. The fourth-order valence-electron chi connectivity index (χ4n) is 2.20. The molecule has 0 aromatic rings. The Morgan fingerprint density at radius 2 is 1.75 bits per heavy atom. The normalized spacial score (nSPS) is 21.8. The predicted octanol–water partition coefficient (Wildman–Crippen LogP) is 4.17. The van der Waals surface area contributed by atoms with Crippen LogP contribution in [0.2, 0.25) is 18.1 Å². The van der Waals surface area contributed by atoms with Crippen molar-refractivity contribution in [3.05, 3.63) is 0 Å². The lowest BCUT2D eigenvalue weighted by atomic mass is 9.88. The number of nitrogens with zero attached hydrogens (tertiary/aromatic N) is 1. The van der Waals surface area contributed by atoms with Crippen LogP contribution in [0.4, 0.5) is 0 Å². The first kappa shape index (κ1) is 21.2. The fraction of sp³-hybridized carbons (Fsp3) is 0.889. The monoisotopic (exact) mass is 357 g/mol. The molecular formula is C18H35NO4Si. The second-order valence-electron chi connectivity index (χ2n) is 9.50. The summed E-state index contributed by atoms with van der Waals surface area (Å²) in [5.41, 5.74) is -0.838. The topological polar surface area (TPSA) is 57.1 Å². The van der Waals surface area contributed by atoms with Crippen molar-refractivity contribution in [2.45, 2.75) is 85.2 Å². The zero-order valence-corrected chi connectivity index (χ0v) is 18.1. The molecule has 24 heavy (non-hydrogen) atoms. The molecule has 0 bridgehead atoms. The number of carbonyl (C=O) groups is 1. The molecule has 6 heteroatoms. The third kappa shape index (κ3) is 5.05. The van der Waals surface area contributed by atoms with Crippen molar-refractivity contribution in [3.8, 4) is 0 Å². The smallest absolute Gasteiger partial charge is 0.302 e.